The number of nitrogens with zero attached hydrogens (tertiary/aromatic N) is 1. The molecule has 0 bridgehead atoms. The van der Waals surface area contributed by atoms with E-state index in [1.165, 1.54) is 11.1 Å². The predicted octanol–water partition coefficient (Wildman–Crippen LogP) is 1.98. The number of carbonyl (C=O) groups excluding carboxylic acids is 1. The molecule has 0 aliphatic heterocycles. The highest BCUT2D eigenvalue weighted by atomic mass is 16.2. The molecule has 0 heterocycles. The van der Waals surface area contributed by atoms with E-state index in [-0.39, 0.29) is 5.91 Å². The van der Waals surface area contributed by atoms with Gasteiger partial charge < -0.3 is 10.6 Å². The molecular formula is C15H24N2O. The van der Waals surface area contributed by atoms with Crippen molar-refractivity contribution in [1.29, 1.82) is 0 Å². The molecule has 0 fully saturated rings. The minimum absolute atomic E-state index is 0.191. The minimum atomic E-state index is 0.191. The number of hydrogen-bond acceptors (Lipinski definition) is 2. The molecule has 100 valence electrons. The Bertz CT molecular complexity index is 373. The first-order valence-corrected chi connectivity index (χ1v) is 6.52. The van der Waals surface area contributed by atoms with Gasteiger partial charge in [0.1, 0.15) is 0 Å². The highest BCUT2D eigenvalue weighted by Gasteiger charge is 2.11. The van der Waals surface area contributed by atoms with Crippen LogP contribution in [0.5, 0.6) is 0 Å². The fourth-order valence-corrected chi connectivity index (χ4v) is 1.84. The molecule has 0 saturated carbocycles. The molecule has 1 atom stereocenters. The molecule has 3 nitrogen and oxygen atoms in total. The fraction of sp³-hybridized carbons (Fsp3) is 0.533. The van der Waals surface area contributed by atoms with E-state index in [1.807, 2.05) is 7.05 Å². The zero-order valence-electron chi connectivity index (χ0n) is 11.6. The topological polar surface area (TPSA) is 46.3 Å². The van der Waals surface area contributed by atoms with Gasteiger partial charge in [-0.3, -0.25) is 4.79 Å². The van der Waals surface area contributed by atoms with Crippen LogP contribution >= 0.6 is 0 Å². The molecule has 0 saturated heterocycles. The summed E-state index contributed by atoms with van der Waals surface area (Å²) in [4.78, 5) is 13.7. The average Bonchev–Trinajstić information content (AvgIpc) is 2.37. The van der Waals surface area contributed by atoms with Crippen LogP contribution in [0, 0.1) is 12.8 Å². The summed E-state index contributed by atoms with van der Waals surface area (Å²) in [6.07, 6.45) is 1.37. The molecule has 1 amide bonds. The van der Waals surface area contributed by atoms with Gasteiger partial charge in [0.2, 0.25) is 5.91 Å². The molecule has 2 N–H and O–H groups in total. The van der Waals surface area contributed by atoms with Crippen LogP contribution in [0.3, 0.4) is 0 Å². The quantitative estimate of drug-likeness (QED) is 0.836. The maximum atomic E-state index is 11.9. The van der Waals surface area contributed by atoms with E-state index >= 15 is 0 Å². The maximum Gasteiger partial charge on any atom is 0.222 e. The molecule has 1 rings (SSSR count). The Hall–Kier alpha value is -1.35. The largest absolute Gasteiger partial charge is 0.345 e. The predicted molar refractivity (Wildman–Crippen MR) is 75.4 cm³/mol. The number of benzene rings is 1. The van der Waals surface area contributed by atoms with Gasteiger partial charge in [-0.2, -0.15) is 0 Å². The average molecular weight is 248 g/mol. The van der Waals surface area contributed by atoms with E-state index < -0.39 is 0 Å². The van der Waals surface area contributed by atoms with Crippen LogP contribution in [-0.4, -0.2) is 30.9 Å². The second-order valence-electron chi connectivity index (χ2n) is 5.10. The first kappa shape index (κ1) is 14.7. The molecule has 1 unspecified atom stereocenters. The third-order valence-corrected chi connectivity index (χ3v) is 3.16. The molecular weight excluding hydrogens is 224 g/mol. The van der Waals surface area contributed by atoms with Crippen LogP contribution in [0.4, 0.5) is 0 Å². The van der Waals surface area contributed by atoms with Crippen molar-refractivity contribution in [2.45, 2.75) is 26.7 Å². The van der Waals surface area contributed by atoms with Gasteiger partial charge in [-0.05, 0) is 31.4 Å². The van der Waals surface area contributed by atoms with E-state index in [0.717, 1.165) is 13.0 Å². The van der Waals surface area contributed by atoms with Crippen molar-refractivity contribution in [3.05, 3.63) is 35.4 Å². The Morgan fingerprint density at radius 3 is 2.50 bits per heavy atom. The molecule has 0 aromatic heterocycles. The number of hydrogen-bond donors (Lipinski definition) is 1. The second-order valence-corrected chi connectivity index (χ2v) is 5.10. The van der Waals surface area contributed by atoms with E-state index in [4.69, 9.17) is 5.73 Å². The van der Waals surface area contributed by atoms with Crippen LogP contribution in [0.15, 0.2) is 24.3 Å². The number of aryl methyl sites for hydroxylation is 2. The van der Waals surface area contributed by atoms with Gasteiger partial charge in [0.15, 0.2) is 0 Å². The van der Waals surface area contributed by atoms with Crippen molar-refractivity contribution >= 4 is 5.91 Å². The van der Waals surface area contributed by atoms with Gasteiger partial charge in [-0.25, -0.2) is 0 Å². The highest BCUT2D eigenvalue weighted by Crippen LogP contribution is 2.07. The number of rotatable bonds is 6. The summed E-state index contributed by atoms with van der Waals surface area (Å²) in [7, 11) is 1.85. The smallest absolute Gasteiger partial charge is 0.222 e. The number of amides is 1. The second kappa shape index (κ2) is 7.17. The Labute approximate surface area is 110 Å². The Morgan fingerprint density at radius 2 is 1.94 bits per heavy atom. The van der Waals surface area contributed by atoms with Crippen molar-refractivity contribution in [2.24, 2.45) is 11.7 Å². The Balaban J connectivity index is 2.38. The van der Waals surface area contributed by atoms with Crippen molar-refractivity contribution in [1.82, 2.24) is 4.90 Å². The summed E-state index contributed by atoms with van der Waals surface area (Å²) in [5.41, 5.74) is 8.03. The van der Waals surface area contributed by atoms with Crippen LogP contribution in [-0.2, 0) is 11.2 Å². The SMILES string of the molecule is Cc1ccc(CCC(=O)N(C)CC(C)CN)cc1. The van der Waals surface area contributed by atoms with Crippen molar-refractivity contribution in [2.75, 3.05) is 20.1 Å². The van der Waals surface area contributed by atoms with E-state index in [0.29, 0.717) is 18.9 Å². The molecule has 1 aromatic carbocycles. The molecule has 0 aliphatic rings. The van der Waals surface area contributed by atoms with Crippen LogP contribution in [0.2, 0.25) is 0 Å². The lowest BCUT2D eigenvalue weighted by molar-refractivity contribution is -0.130. The molecule has 1 aromatic rings. The van der Waals surface area contributed by atoms with Crippen LogP contribution < -0.4 is 5.73 Å². The van der Waals surface area contributed by atoms with E-state index in [2.05, 4.69) is 38.1 Å². The molecule has 0 spiro atoms. The first-order valence-electron chi connectivity index (χ1n) is 6.52. The summed E-state index contributed by atoms with van der Waals surface area (Å²) in [5, 5.41) is 0. The van der Waals surface area contributed by atoms with Gasteiger partial charge >= 0.3 is 0 Å². The van der Waals surface area contributed by atoms with Gasteiger partial charge in [0.25, 0.3) is 0 Å². The van der Waals surface area contributed by atoms with Gasteiger partial charge in [-0.1, -0.05) is 36.8 Å². The van der Waals surface area contributed by atoms with E-state index in [9.17, 15) is 4.79 Å². The molecule has 0 aliphatic carbocycles. The minimum Gasteiger partial charge on any atom is -0.345 e. The zero-order chi connectivity index (χ0) is 13.5. The van der Waals surface area contributed by atoms with Crippen molar-refractivity contribution < 1.29 is 4.79 Å². The van der Waals surface area contributed by atoms with Crippen LogP contribution in [0.1, 0.15) is 24.5 Å². The molecule has 3 heteroatoms. The normalized spacial score (nSPS) is 12.2. The summed E-state index contributed by atoms with van der Waals surface area (Å²) in [6, 6.07) is 8.34. The lowest BCUT2D eigenvalue weighted by Crippen LogP contribution is -2.33. The summed E-state index contributed by atoms with van der Waals surface area (Å²) < 4.78 is 0. The monoisotopic (exact) mass is 248 g/mol. The Morgan fingerprint density at radius 1 is 1.33 bits per heavy atom. The third-order valence-electron chi connectivity index (χ3n) is 3.16. The summed E-state index contributed by atoms with van der Waals surface area (Å²) in [6.45, 7) is 5.49. The lowest BCUT2D eigenvalue weighted by atomic mass is 10.1. The molecule has 0 radical (unpaired) electrons. The van der Waals surface area contributed by atoms with Gasteiger partial charge in [0, 0.05) is 20.0 Å². The summed E-state index contributed by atoms with van der Waals surface area (Å²) in [5.74, 6) is 0.550. The van der Waals surface area contributed by atoms with Crippen molar-refractivity contribution in [3.63, 3.8) is 0 Å². The number of nitrogens with two attached hydrogens (primary N) is 1. The van der Waals surface area contributed by atoms with Crippen LogP contribution in [0.25, 0.3) is 0 Å². The van der Waals surface area contributed by atoms with E-state index in [1.54, 1.807) is 4.90 Å². The molecule has 18 heavy (non-hydrogen) atoms. The standard InChI is InChI=1S/C15H24N2O/c1-12-4-6-14(7-5-12)8-9-15(18)17(3)11-13(2)10-16/h4-7,13H,8-11,16H2,1-3H3. The summed E-state index contributed by atoms with van der Waals surface area (Å²) >= 11 is 0. The van der Waals surface area contributed by atoms with Crippen molar-refractivity contribution in [3.8, 4) is 0 Å². The Kier molecular flexibility index (Phi) is 5.86. The zero-order valence-corrected chi connectivity index (χ0v) is 11.6. The first-order chi connectivity index (χ1) is 8.52. The van der Waals surface area contributed by atoms with Gasteiger partial charge in [0.05, 0.1) is 0 Å². The third kappa shape index (κ3) is 4.88. The highest BCUT2D eigenvalue weighted by molar-refractivity contribution is 5.76. The lowest BCUT2D eigenvalue weighted by Gasteiger charge is -2.20. The van der Waals surface area contributed by atoms with Gasteiger partial charge in [-0.15, -0.1) is 0 Å². The fourth-order valence-electron chi connectivity index (χ4n) is 1.84. The maximum absolute atomic E-state index is 11.9. The number of carbonyl (C=O) groups is 1.